The summed E-state index contributed by atoms with van der Waals surface area (Å²) in [4.78, 5) is 15.9. The molecule has 0 N–H and O–H groups in total. The van der Waals surface area contributed by atoms with Gasteiger partial charge in [-0.1, -0.05) is 11.6 Å². The zero-order valence-electron chi connectivity index (χ0n) is 8.99. The predicted octanol–water partition coefficient (Wildman–Crippen LogP) is 1.49. The van der Waals surface area contributed by atoms with Crippen molar-refractivity contribution in [3.8, 4) is 0 Å². The first-order valence-electron chi connectivity index (χ1n) is 5.42. The molecule has 2 bridgehead atoms. The maximum Gasteiger partial charge on any atom is 0.411 e. The number of alkyl halides is 1. The first-order valence-corrected chi connectivity index (χ1v) is 5.95. The third-order valence-corrected chi connectivity index (χ3v) is 3.48. The Morgan fingerprint density at radius 3 is 2.87 bits per heavy atom. The van der Waals surface area contributed by atoms with Crippen molar-refractivity contribution in [3.05, 3.63) is 0 Å². The molecule has 0 saturated carbocycles. The van der Waals surface area contributed by atoms with Gasteiger partial charge in [-0.05, 0) is 32.9 Å². The fraction of sp³-hybridized carbons (Fsp3) is 0.900. The Morgan fingerprint density at radius 1 is 1.40 bits per heavy atom. The summed E-state index contributed by atoms with van der Waals surface area (Å²) in [7, 11) is 2.10. The van der Waals surface area contributed by atoms with Crippen LogP contribution in [0.15, 0.2) is 0 Å². The van der Waals surface area contributed by atoms with Gasteiger partial charge in [0.15, 0.2) is 6.07 Å². The summed E-state index contributed by atoms with van der Waals surface area (Å²) in [6.07, 6.45) is 3.00. The number of carbonyl (C=O) groups excluding carboxylic acids is 1. The number of amides is 1. The Balaban J connectivity index is 2.07. The van der Waals surface area contributed by atoms with Gasteiger partial charge in [-0.15, -0.1) is 0 Å². The van der Waals surface area contributed by atoms with Crippen molar-refractivity contribution < 1.29 is 9.53 Å². The molecule has 0 aliphatic carbocycles. The van der Waals surface area contributed by atoms with Crippen LogP contribution in [-0.2, 0) is 4.74 Å². The number of likely N-dealkylation sites (N-methyl/N-ethyl adjacent to an activating group) is 1. The number of halogens is 1. The van der Waals surface area contributed by atoms with E-state index in [2.05, 4.69) is 11.9 Å². The van der Waals surface area contributed by atoms with Gasteiger partial charge in [0.05, 0.1) is 0 Å². The number of hydrogen-bond donors (Lipinski definition) is 0. The van der Waals surface area contributed by atoms with Crippen LogP contribution in [0.3, 0.4) is 0 Å². The van der Waals surface area contributed by atoms with E-state index in [1.807, 2.05) is 4.90 Å². The van der Waals surface area contributed by atoms with Crippen molar-refractivity contribution in [1.82, 2.24) is 9.80 Å². The van der Waals surface area contributed by atoms with Gasteiger partial charge in [-0.2, -0.15) is 0 Å². The van der Waals surface area contributed by atoms with Crippen LogP contribution in [0.1, 0.15) is 19.3 Å². The molecule has 0 aromatic heterocycles. The van der Waals surface area contributed by atoms with Gasteiger partial charge in [-0.3, -0.25) is 0 Å². The summed E-state index contributed by atoms with van der Waals surface area (Å²) in [5.41, 5.74) is 0. The summed E-state index contributed by atoms with van der Waals surface area (Å²) in [6.45, 7) is 2.01. The molecule has 2 fully saturated rings. The van der Waals surface area contributed by atoms with Crippen LogP contribution in [0.4, 0.5) is 4.79 Å². The highest BCUT2D eigenvalue weighted by Gasteiger charge is 2.40. The van der Waals surface area contributed by atoms with E-state index in [1.54, 1.807) is 0 Å². The number of ether oxygens (including phenoxy) is 1. The van der Waals surface area contributed by atoms with Crippen LogP contribution in [0.2, 0.25) is 0 Å². The van der Waals surface area contributed by atoms with Crippen LogP contribution in [0, 0.1) is 0 Å². The molecule has 86 valence electrons. The molecule has 0 spiro atoms. The van der Waals surface area contributed by atoms with Crippen molar-refractivity contribution in [2.45, 2.75) is 31.3 Å². The van der Waals surface area contributed by atoms with Gasteiger partial charge in [0.1, 0.15) is 0 Å². The summed E-state index contributed by atoms with van der Waals surface area (Å²) in [5.74, 6) is 0. The maximum atomic E-state index is 11.7. The lowest BCUT2D eigenvalue weighted by atomic mass is 10.1. The van der Waals surface area contributed by atoms with E-state index in [1.165, 1.54) is 0 Å². The number of fused-ring (bicyclic) bond motifs is 2. The Bertz CT molecular complexity index is 250. The highest BCUT2D eigenvalue weighted by atomic mass is 35.5. The van der Waals surface area contributed by atoms with Crippen molar-refractivity contribution in [2.24, 2.45) is 0 Å². The van der Waals surface area contributed by atoms with Crippen molar-refractivity contribution in [1.29, 1.82) is 0 Å². The monoisotopic (exact) mass is 232 g/mol. The first kappa shape index (κ1) is 11.0. The number of nitrogens with zero attached hydrogens (tertiary/aromatic N) is 2. The lowest BCUT2D eigenvalue weighted by molar-refractivity contribution is 0.0985. The molecular formula is C10H17ClN2O2. The van der Waals surface area contributed by atoms with Crippen LogP contribution in [0.25, 0.3) is 0 Å². The molecule has 4 nitrogen and oxygen atoms in total. The number of carbonyl (C=O) groups is 1. The van der Waals surface area contributed by atoms with Crippen molar-refractivity contribution in [2.75, 3.05) is 26.2 Å². The lowest BCUT2D eigenvalue weighted by Crippen LogP contribution is -2.42. The zero-order valence-corrected chi connectivity index (χ0v) is 9.74. The van der Waals surface area contributed by atoms with Gasteiger partial charge in [-0.25, -0.2) is 4.79 Å². The fourth-order valence-corrected chi connectivity index (χ4v) is 2.76. The summed E-state index contributed by atoms with van der Waals surface area (Å²) >= 11 is 5.42. The van der Waals surface area contributed by atoms with Crippen LogP contribution >= 0.6 is 11.6 Å². The second-order valence-corrected chi connectivity index (χ2v) is 4.58. The molecule has 2 saturated heterocycles. The summed E-state index contributed by atoms with van der Waals surface area (Å²) in [5, 5.41) is 0. The Hall–Kier alpha value is -0.480. The van der Waals surface area contributed by atoms with Gasteiger partial charge in [0.25, 0.3) is 0 Å². The number of likely N-dealkylation sites (tertiary alicyclic amines) is 1. The molecule has 2 rings (SSSR count). The summed E-state index contributed by atoms with van der Waals surface area (Å²) < 4.78 is 4.89. The van der Waals surface area contributed by atoms with Crippen molar-refractivity contribution in [3.63, 3.8) is 0 Å². The average Bonchev–Trinajstić information content (AvgIpc) is 2.49. The second-order valence-electron chi connectivity index (χ2n) is 4.36. The first-order chi connectivity index (χ1) is 7.22. The minimum atomic E-state index is -0.243. The standard InChI is InChI=1S/C10H17ClN2O2/c1-12-5-4-8-2-3-9(6-12)13(8)10(14)15-7-11/h8-9H,2-7H2,1H3. The summed E-state index contributed by atoms with van der Waals surface area (Å²) in [6, 6.07) is 0.624. The zero-order chi connectivity index (χ0) is 10.8. The lowest BCUT2D eigenvalue weighted by Gasteiger charge is -2.26. The smallest absolute Gasteiger partial charge is 0.411 e. The molecule has 5 heteroatoms. The van der Waals surface area contributed by atoms with E-state index < -0.39 is 0 Å². The molecular weight excluding hydrogens is 216 g/mol. The predicted molar refractivity (Wildman–Crippen MR) is 58.0 cm³/mol. The molecule has 2 aliphatic rings. The van der Waals surface area contributed by atoms with E-state index in [0.717, 1.165) is 32.4 Å². The fourth-order valence-electron chi connectivity index (χ4n) is 2.66. The number of rotatable bonds is 1. The highest BCUT2D eigenvalue weighted by molar-refractivity contribution is 6.17. The molecule has 2 heterocycles. The highest BCUT2D eigenvalue weighted by Crippen LogP contribution is 2.30. The van der Waals surface area contributed by atoms with E-state index in [-0.39, 0.29) is 12.2 Å². The third-order valence-electron chi connectivity index (χ3n) is 3.38. The van der Waals surface area contributed by atoms with Gasteiger partial charge in [0.2, 0.25) is 0 Å². The normalized spacial score (nSPS) is 31.5. The molecule has 0 aromatic rings. The topological polar surface area (TPSA) is 32.8 Å². The second kappa shape index (κ2) is 4.58. The van der Waals surface area contributed by atoms with Gasteiger partial charge in [0, 0.05) is 18.6 Å². The average molecular weight is 233 g/mol. The van der Waals surface area contributed by atoms with Gasteiger partial charge < -0.3 is 14.5 Å². The van der Waals surface area contributed by atoms with E-state index >= 15 is 0 Å². The Kier molecular flexibility index (Phi) is 3.36. The van der Waals surface area contributed by atoms with E-state index in [0.29, 0.717) is 12.1 Å². The van der Waals surface area contributed by atoms with Crippen molar-refractivity contribution >= 4 is 17.7 Å². The minimum absolute atomic E-state index is 0.0510. The van der Waals surface area contributed by atoms with Crippen LogP contribution in [-0.4, -0.2) is 54.2 Å². The molecule has 2 unspecified atom stereocenters. The van der Waals surface area contributed by atoms with Crippen LogP contribution < -0.4 is 0 Å². The maximum absolute atomic E-state index is 11.7. The van der Waals surface area contributed by atoms with E-state index in [4.69, 9.17) is 16.3 Å². The van der Waals surface area contributed by atoms with Crippen LogP contribution in [0.5, 0.6) is 0 Å². The SMILES string of the molecule is CN1CCC2CCC(C1)N2C(=O)OCCl. The molecule has 2 aliphatic heterocycles. The van der Waals surface area contributed by atoms with E-state index in [9.17, 15) is 4.79 Å². The number of hydrogen-bond acceptors (Lipinski definition) is 3. The molecule has 0 radical (unpaired) electrons. The molecule has 0 aromatic carbocycles. The largest absolute Gasteiger partial charge is 0.433 e. The quantitative estimate of drug-likeness (QED) is 0.643. The minimum Gasteiger partial charge on any atom is -0.433 e. The Morgan fingerprint density at radius 2 is 2.13 bits per heavy atom. The molecule has 2 atom stereocenters. The molecule has 15 heavy (non-hydrogen) atoms. The molecule has 1 amide bonds. The Labute approximate surface area is 95.1 Å². The van der Waals surface area contributed by atoms with Gasteiger partial charge >= 0.3 is 6.09 Å². The third kappa shape index (κ3) is 2.21.